The number of carbonyl (C=O) groups excluding carboxylic acids is 1. The van der Waals surface area contributed by atoms with Gasteiger partial charge in [0, 0.05) is 48.6 Å². The molecule has 0 saturated carbocycles. The van der Waals surface area contributed by atoms with E-state index in [1.807, 2.05) is 0 Å². The number of anilines is 1. The van der Waals surface area contributed by atoms with Crippen molar-refractivity contribution in [2.45, 2.75) is 13.0 Å². The van der Waals surface area contributed by atoms with Crippen LogP contribution in [0.15, 0.2) is 16.6 Å². The molecule has 122 valence electrons. The number of benzene rings is 1. The summed E-state index contributed by atoms with van der Waals surface area (Å²) in [6.07, 6.45) is 0.843. The molecular formula is C15H17BrN4O3. The average Bonchev–Trinajstić information content (AvgIpc) is 3.00. The molecule has 0 saturated heterocycles. The van der Waals surface area contributed by atoms with E-state index in [-0.39, 0.29) is 5.91 Å². The van der Waals surface area contributed by atoms with Crippen LogP contribution < -0.4 is 20.1 Å². The lowest BCUT2D eigenvalue weighted by Gasteiger charge is -2.14. The number of halogens is 1. The highest BCUT2D eigenvalue weighted by molar-refractivity contribution is 9.10. The van der Waals surface area contributed by atoms with Gasteiger partial charge < -0.3 is 20.1 Å². The number of hydrogen-bond donors (Lipinski definition) is 3. The summed E-state index contributed by atoms with van der Waals surface area (Å²) in [5.74, 6) is 0.883. The summed E-state index contributed by atoms with van der Waals surface area (Å²) >= 11 is 3.40. The molecule has 0 radical (unpaired) electrons. The molecule has 0 aliphatic carbocycles. The van der Waals surface area contributed by atoms with Crippen LogP contribution in [0.1, 0.15) is 21.7 Å². The number of aromatic amines is 1. The second-order valence-corrected chi connectivity index (χ2v) is 5.90. The highest BCUT2D eigenvalue weighted by atomic mass is 79.9. The number of nitrogens with one attached hydrogen (secondary N) is 3. The third-order valence-corrected chi connectivity index (χ3v) is 4.51. The van der Waals surface area contributed by atoms with Gasteiger partial charge in [0.25, 0.3) is 5.91 Å². The molecule has 1 aliphatic heterocycles. The zero-order valence-electron chi connectivity index (χ0n) is 12.8. The van der Waals surface area contributed by atoms with Gasteiger partial charge in [-0.2, -0.15) is 5.10 Å². The van der Waals surface area contributed by atoms with Crippen molar-refractivity contribution >= 4 is 27.5 Å². The molecule has 3 rings (SSSR count). The molecule has 0 bridgehead atoms. The average molecular weight is 381 g/mol. The van der Waals surface area contributed by atoms with Gasteiger partial charge in [0.1, 0.15) is 16.0 Å². The summed E-state index contributed by atoms with van der Waals surface area (Å²) in [5, 5.41) is 13.2. The summed E-state index contributed by atoms with van der Waals surface area (Å²) < 4.78 is 11.3. The van der Waals surface area contributed by atoms with E-state index in [9.17, 15) is 4.79 Å². The number of carbonyl (C=O) groups is 1. The number of aromatic nitrogens is 2. The Morgan fingerprint density at radius 3 is 2.65 bits per heavy atom. The summed E-state index contributed by atoms with van der Waals surface area (Å²) in [4.78, 5) is 12.5. The molecule has 7 nitrogen and oxygen atoms in total. The highest BCUT2D eigenvalue weighted by Crippen LogP contribution is 2.37. The fourth-order valence-electron chi connectivity index (χ4n) is 2.54. The van der Waals surface area contributed by atoms with Crippen LogP contribution in [-0.2, 0) is 13.0 Å². The van der Waals surface area contributed by atoms with Gasteiger partial charge in [-0.25, -0.2) is 0 Å². The van der Waals surface area contributed by atoms with E-state index < -0.39 is 0 Å². The van der Waals surface area contributed by atoms with E-state index in [2.05, 4.69) is 36.8 Å². The number of hydrogen-bond acceptors (Lipinski definition) is 5. The lowest BCUT2D eigenvalue weighted by molar-refractivity contribution is 0.102. The van der Waals surface area contributed by atoms with Crippen LogP contribution in [0.2, 0.25) is 0 Å². The minimum atomic E-state index is -0.266. The number of methoxy groups -OCH3 is 2. The minimum Gasteiger partial charge on any atom is -0.495 e. The number of ether oxygens (including phenoxy) is 2. The molecule has 8 heteroatoms. The van der Waals surface area contributed by atoms with E-state index in [0.29, 0.717) is 33.9 Å². The summed E-state index contributed by atoms with van der Waals surface area (Å²) in [7, 11) is 3.11. The molecule has 0 spiro atoms. The van der Waals surface area contributed by atoms with Crippen molar-refractivity contribution in [1.29, 1.82) is 0 Å². The van der Waals surface area contributed by atoms with Crippen LogP contribution in [0.25, 0.3) is 0 Å². The third kappa shape index (κ3) is 3.04. The lowest BCUT2D eigenvalue weighted by atomic mass is 10.1. The fraction of sp³-hybridized carbons (Fsp3) is 0.333. The topological polar surface area (TPSA) is 88.3 Å². The maximum Gasteiger partial charge on any atom is 0.276 e. The van der Waals surface area contributed by atoms with Crippen molar-refractivity contribution in [2.75, 3.05) is 26.1 Å². The summed E-state index contributed by atoms with van der Waals surface area (Å²) in [6.45, 7) is 1.53. The van der Waals surface area contributed by atoms with Crippen molar-refractivity contribution in [1.82, 2.24) is 15.5 Å². The molecule has 2 aromatic rings. The van der Waals surface area contributed by atoms with Crippen LogP contribution >= 0.6 is 15.9 Å². The van der Waals surface area contributed by atoms with Crippen LogP contribution in [0.4, 0.5) is 5.69 Å². The third-order valence-electron chi connectivity index (χ3n) is 3.72. The van der Waals surface area contributed by atoms with Gasteiger partial charge in [0.15, 0.2) is 5.69 Å². The number of nitrogens with zero attached hydrogens (tertiary/aromatic N) is 1. The maximum atomic E-state index is 12.5. The monoisotopic (exact) mass is 380 g/mol. The van der Waals surface area contributed by atoms with E-state index >= 15 is 0 Å². The second kappa shape index (κ2) is 6.59. The van der Waals surface area contributed by atoms with Crippen LogP contribution in [-0.4, -0.2) is 36.9 Å². The van der Waals surface area contributed by atoms with E-state index in [4.69, 9.17) is 9.47 Å². The first kappa shape index (κ1) is 15.8. The Kier molecular flexibility index (Phi) is 4.53. The zero-order valence-corrected chi connectivity index (χ0v) is 14.4. The summed E-state index contributed by atoms with van der Waals surface area (Å²) in [6, 6.07) is 3.45. The Morgan fingerprint density at radius 2 is 2.00 bits per heavy atom. The Morgan fingerprint density at radius 1 is 1.30 bits per heavy atom. The van der Waals surface area contributed by atoms with Gasteiger partial charge in [-0.15, -0.1) is 0 Å². The molecule has 1 amide bonds. The minimum absolute atomic E-state index is 0.266. The maximum absolute atomic E-state index is 12.5. The largest absolute Gasteiger partial charge is 0.495 e. The van der Waals surface area contributed by atoms with Gasteiger partial charge in [0.05, 0.1) is 14.2 Å². The predicted molar refractivity (Wildman–Crippen MR) is 89.2 cm³/mol. The van der Waals surface area contributed by atoms with E-state index in [0.717, 1.165) is 24.2 Å². The van der Waals surface area contributed by atoms with Gasteiger partial charge in [-0.3, -0.25) is 9.89 Å². The predicted octanol–water partition coefficient (Wildman–Crippen LogP) is 2.09. The first-order valence-electron chi connectivity index (χ1n) is 7.13. The van der Waals surface area contributed by atoms with Crippen molar-refractivity contribution in [3.63, 3.8) is 0 Å². The van der Waals surface area contributed by atoms with Crippen molar-refractivity contribution in [3.05, 3.63) is 33.6 Å². The van der Waals surface area contributed by atoms with Gasteiger partial charge in [-0.1, -0.05) is 0 Å². The molecular weight excluding hydrogens is 364 g/mol. The lowest BCUT2D eigenvalue weighted by Crippen LogP contribution is -2.25. The normalized spacial score (nSPS) is 13.3. The Balaban J connectivity index is 1.87. The van der Waals surface area contributed by atoms with Crippen molar-refractivity contribution < 1.29 is 14.3 Å². The standard InChI is InChI=1S/C15H17BrN4O3/c1-22-11-5-8(6-12(23-2)13(11)16)18-15(21)14-9-7-17-4-3-10(9)19-20-14/h5-6,17H,3-4,7H2,1-2H3,(H,18,21)(H,19,20). The Bertz CT molecular complexity index is 719. The number of H-pyrrole nitrogens is 1. The van der Waals surface area contributed by atoms with Gasteiger partial charge in [0.2, 0.25) is 0 Å². The zero-order chi connectivity index (χ0) is 16.4. The fourth-order valence-corrected chi connectivity index (χ4v) is 3.10. The second-order valence-electron chi connectivity index (χ2n) is 5.10. The highest BCUT2D eigenvalue weighted by Gasteiger charge is 2.22. The van der Waals surface area contributed by atoms with Crippen molar-refractivity contribution in [2.24, 2.45) is 0 Å². The van der Waals surface area contributed by atoms with Crippen LogP contribution in [0.5, 0.6) is 11.5 Å². The van der Waals surface area contributed by atoms with Crippen LogP contribution in [0, 0.1) is 0 Å². The summed E-state index contributed by atoms with van der Waals surface area (Å²) in [5.41, 5.74) is 2.92. The number of amides is 1. The molecule has 1 aromatic heterocycles. The molecule has 1 aliphatic rings. The molecule has 0 atom stereocenters. The van der Waals surface area contributed by atoms with Gasteiger partial charge >= 0.3 is 0 Å². The first-order chi connectivity index (χ1) is 11.1. The van der Waals surface area contributed by atoms with Crippen molar-refractivity contribution in [3.8, 4) is 11.5 Å². The number of rotatable bonds is 4. The SMILES string of the molecule is COc1cc(NC(=O)c2n[nH]c3c2CNCC3)cc(OC)c1Br. The molecule has 2 heterocycles. The smallest absolute Gasteiger partial charge is 0.276 e. The molecule has 0 fully saturated rings. The van der Waals surface area contributed by atoms with Crippen LogP contribution in [0.3, 0.4) is 0 Å². The first-order valence-corrected chi connectivity index (χ1v) is 7.93. The molecule has 23 heavy (non-hydrogen) atoms. The molecule has 3 N–H and O–H groups in total. The number of fused-ring (bicyclic) bond motifs is 1. The Labute approximate surface area is 141 Å². The van der Waals surface area contributed by atoms with E-state index in [1.54, 1.807) is 26.4 Å². The molecule has 1 aromatic carbocycles. The Hall–Kier alpha value is -2.06. The quantitative estimate of drug-likeness (QED) is 0.755. The molecule has 0 unspecified atom stereocenters. The van der Waals surface area contributed by atoms with E-state index in [1.165, 1.54) is 0 Å². The van der Waals surface area contributed by atoms with Gasteiger partial charge in [-0.05, 0) is 15.9 Å².